The third kappa shape index (κ3) is 1.98. The van der Waals surface area contributed by atoms with Gasteiger partial charge in [-0.15, -0.1) is 0 Å². The smallest absolute Gasteiger partial charge is 0.325 e. The highest BCUT2D eigenvalue weighted by molar-refractivity contribution is 5.80. The predicted molar refractivity (Wildman–Crippen MR) is 90.8 cm³/mol. The first-order chi connectivity index (χ1) is 11.5. The average molecular weight is 326 g/mol. The minimum atomic E-state index is -1.88. The van der Waals surface area contributed by atoms with Crippen molar-refractivity contribution in [3.8, 4) is 0 Å². The van der Waals surface area contributed by atoms with E-state index in [0.717, 1.165) is 0 Å². The van der Waals surface area contributed by atoms with Gasteiger partial charge in [-0.2, -0.15) is 0 Å². The maximum atomic E-state index is 12.9. The molecule has 5 nitrogen and oxygen atoms in total. The van der Waals surface area contributed by atoms with E-state index in [1.54, 1.807) is 62.4 Å². The lowest BCUT2D eigenvalue weighted by Gasteiger charge is -2.43. The summed E-state index contributed by atoms with van der Waals surface area (Å²) in [4.78, 5) is 15.5. The van der Waals surface area contributed by atoms with Gasteiger partial charge < -0.3 is 10.2 Å². The van der Waals surface area contributed by atoms with Gasteiger partial charge in [-0.1, -0.05) is 60.7 Å². The molecule has 3 rings (SSSR count). The first kappa shape index (κ1) is 16.5. The molecule has 1 fully saturated rings. The van der Waals surface area contributed by atoms with Crippen molar-refractivity contribution >= 4 is 6.03 Å². The summed E-state index contributed by atoms with van der Waals surface area (Å²) in [6.45, 7) is 4.12. The fourth-order valence-corrected chi connectivity index (χ4v) is 3.58. The largest absolute Gasteiger partial charge is 0.363 e. The van der Waals surface area contributed by atoms with Crippen molar-refractivity contribution in [2.45, 2.75) is 25.3 Å². The third-order valence-electron chi connectivity index (χ3n) is 4.71. The molecule has 0 radical (unpaired) electrons. The molecule has 126 valence electrons. The van der Waals surface area contributed by atoms with Crippen LogP contribution in [0.2, 0.25) is 0 Å². The molecule has 0 aromatic heterocycles. The molecule has 2 aromatic carbocycles. The molecule has 5 heteroatoms. The van der Waals surface area contributed by atoms with Crippen molar-refractivity contribution in [1.82, 2.24) is 9.80 Å². The minimum absolute atomic E-state index is 0.274. The fourth-order valence-electron chi connectivity index (χ4n) is 3.58. The number of rotatable bonds is 4. The van der Waals surface area contributed by atoms with Gasteiger partial charge in [-0.05, 0) is 13.8 Å². The lowest BCUT2D eigenvalue weighted by molar-refractivity contribution is -0.243. The van der Waals surface area contributed by atoms with Crippen LogP contribution in [0.1, 0.15) is 25.0 Å². The molecular weight excluding hydrogens is 304 g/mol. The van der Waals surface area contributed by atoms with Crippen LogP contribution in [0.15, 0.2) is 60.7 Å². The molecule has 1 heterocycles. The second kappa shape index (κ2) is 5.92. The zero-order chi connectivity index (χ0) is 17.4. The number of likely N-dealkylation sites (N-methyl/N-ethyl adjacent to an activating group) is 2. The molecule has 0 aliphatic carbocycles. The lowest BCUT2D eigenvalue weighted by Crippen LogP contribution is -2.57. The van der Waals surface area contributed by atoms with E-state index in [1.807, 2.05) is 12.1 Å². The number of carbonyl (C=O) groups is 1. The van der Waals surface area contributed by atoms with Crippen molar-refractivity contribution in [3.05, 3.63) is 71.8 Å². The summed E-state index contributed by atoms with van der Waals surface area (Å²) in [6, 6.07) is 17.3. The number of urea groups is 1. The zero-order valence-electron chi connectivity index (χ0n) is 13.9. The molecule has 0 bridgehead atoms. The second-order valence-corrected chi connectivity index (χ2v) is 5.85. The van der Waals surface area contributed by atoms with Gasteiger partial charge in [0.1, 0.15) is 0 Å². The van der Waals surface area contributed by atoms with E-state index in [4.69, 9.17) is 0 Å². The number of carbonyl (C=O) groups excluding carboxylic acids is 1. The van der Waals surface area contributed by atoms with Crippen LogP contribution in [-0.4, -0.2) is 39.1 Å². The molecule has 2 aromatic rings. The van der Waals surface area contributed by atoms with Crippen LogP contribution in [0.4, 0.5) is 4.79 Å². The predicted octanol–water partition coefficient (Wildman–Crippen LogP) is 2.45. The number of hydrogen-bond donors (Lipinski definition) is 2. The van der Waals surface area contributed by atoms with Gasteiger partial charge in [0.2, 0.25) is 11.4 Å². The van der Waals surface area contributed by atoms with Gasteiger partial charge in [-0.25, -0.2) is 4.79 Å². The van der Waals surface area contributed by atoms with Crippen LogP contribution in [0.3, 0.4) is 0 Å². The molecule has 1 aliphatic rings. The summed E-state index contributed by atoms with van der Waals surface area (Å²) in [5.41, 5.74) is -2.81. The Morgan fingerprint density at radius 2 is 1.08 bits per heavy atom. The van der Waals surface area contributed by atoms with E-state index in [2.05, 4.69) is 0 Å². The maximum Gasteiger partial charge on any atom is 0.325 e. The Morgan fingerprint density at radius 1 is 0.750 bits per heavy atom. The van der Waals surface area contributed by atoms with Gasteiger partial charge in [0.15, 0.2) is 0 Å². The van der Waals surface area contributed by atoms with Gasteiger partial charge in [0, 0.05) is 24.2 Å². The Hall–Kier alpha value is -2.37. The Morgan fingerprint density at radius 3 is 1.38 bits per heavy atom. The highest BCUT2D eigenvalue weighted by Crippen LogP contribution is 2.50. The van der Waals surface area contributed by atoms with Crippen molar-refractivity contribution in [2.24, 2.45) is 0 Å². The summed E-state index contributed by atoms with van der Waals surface area (Å²) < 4.78 is 0. The Bertz CT molecular complexity index is 660. The van der Waals surface area contributed by atoms with Crippen LogP contribution in [0.25, 0.3) is 0 Å². The summed E-state index contributed by atoms with van der Waals surface area (Å²) in [5, 5.41) is 23.4. The van der Waals surface area contributed by atoms with Crippen molar-refractivity contribution in [1.29, 1.82) is 0 Å². The minimum Gasteiger partial charge on any atom is -0.363 e. The average Bonchev–Trinajstić information content (AvgIpc) is 2.80. The molecule has 24 heavy (non-hydrogen) atoms. The molecule has 0 spiro atoms. The van der Waals surface area contributed by atoms with Gasteiger partial charge >= 0.3 is 6.03 Å². The standard InChI is InChI=1S/C19H22N2O3/c1-3-20-17(22)21(4-2)19(24,16-13-9-6-10-14-16)18(20,23)15-11-7-5-8-12-15/h5-14,23-24H,3-4H2,1-2H3/t18-,19-/m0/s1. The fraction of sp³-hybridized carbons (Fsp3) is 0.316. The van der Waals surface area contributed by atoms with E-state index < -0.39 is 17.5 Å². The Kier molecular flexibility index (Phi) is 4.07. The van der Waals surface area contributed by atoms with E-state index in [9.17, 15) is 15.0 Å². The monoisotopic (exact) mass is 326 g/mol. The lowest BCUT2D eigenvalue weighted by atomic mass is 9.85. The molecule has 1 aliphatic heterocycles. The normalized spacial score (nSPS) is 26.9. The topological polar surface area (TPSA) is 64.0 Å². The summed E-state index contributed by atoms with van der Waals surface area (Å²) in [5.74, 6) is 0. The van der Waals surface area contributed by atoms with Crippen LogP contribution in [0, 0.1) is 0 Å². The molecule has 1 saturated heterocycles. The van der Waals surface area contributed by atoms with E-state index >= 15 is 0 Å². The van der Waals surface area contributed by atoms with E-state index in [0.29, 0.717) is 11.1 Å². The van der Waals surface area contributed by atoms with Crippen molar-refractivity contribution < 1.29 is 15.0 Å². The highest BCUT2D eigenvalue weighted by atomic mass is 16.4. The maximum absolute atomic E-state index is 12.9. The SMILES string of the molecule is CCN1C(=O)N(CC)[C@](O)(c2ccccc2)[C@@]1(O)c1ccccc1. The second-order valence-electron chi connectivity index (χ2n) is 5.85. The number of nitrogens with zero attached hydrogens (tertiary/aromatic N) is 2. The number of aliphatic hydroxyl groups is 2. The molecule has 2 atom stereocenters. The van der Waals surface area contributed by atoms with E-state index in [-0.39, 0.29) is 13.1 Å². The van der Waals surface area contributed by atoms with E-state index in [1.165, 1.54) is 9.80 Å². The van der Waals surface area contributed by atoms with Crippen LogP contribution in [0.5, 0.6) is 0 Å². The quantitative estimate of drug-likeness (QED) is 0.907. The van der Waals surface area contributed by atoms with Crippen LogP contribution in [-0.2, 0) is 11.4 Å². The van der Waals surface area contributed by atoms with Crippen LogP contribution >= 0.6 is 0 Å². The number of amides is 2. The van der Waals surface area contributed by atoms with Gasteiger partial charge in [-0.3, -0.25) is 9.80 Å². The zero-order valence-corrected chi connectivity index (χ0v) is 13.9. The van der Waals surface area contributed by atoms with Crippen molar-refractivity contribution in [2.75, 3.05) is 13.1 Å². The summed E-state index contributed by atoms with van der Waals surface area (Å²) in [7, 11) is 0. The molecule has 2 amide bonds. The number of benzene rings is 2. The number of hydrogen-bond acceptors (Lipinski definition) is 3. The first-order valence-corrected chi connectivity index (χ1v) is 8.16. The summed E-state index contributed by atoms with van der Waals surface area (Å²) >= 11 is 0. The molecule has 0 saturated carbocycles. The van der Waals surface area contributed by atoms with Crippen LogP contribution < -0.4 is 0 Å². The Labute approximate surface area is 141 Å². The molecule has 2 N–H and O–H groups in total. The molecular formula is C19H22N2O3. The molecule has 0 unspecified atom stereocenters. The van der Waals surface area contributed by atoms with Crippen molar-refractivity contribution in [3.63, 3.8) is 0 Å². The third-order valence-corrected chi connectivity index (χ3v) is 4.71. The highest BCUT2D eigenvalue weighted by Gasteiger charge is 2.67. The summed E-state index contributed by atoms with van der Waals surface area (Å²) in [6.07, 6.45) is 0. The van der Waals surface area contributed by atoms with Gasteiger partial charge in [0.05, 0.1) is 0 Å². The first-order valence-electron chi connectivity index (χ1n) is 8.16. The van der Waals surface area contributed by atoms with Gasteiger partial charge in [0.25, 0.3) is 0 Å². The Balaban J connectivity index is 2.31.